The van der Waals surface area contributed by atoms with Crippen molar-refractivity contribution in [1.29, 1.82) is 0 Å². The summed E-state index contributed by atoms with van der Waals surface area (Å²) < 4.78 is 5.02. The fourth-order valence-corrected chi connectivity index (χ4v) is 1.94. The third-order valence-corrected chi connectivity index (χ3v) is 3.07. The van der Waals surface area contributed by atoms with Gasteiger partial charge < -0.3 is 9.64 Å². The van der Waals surface area contributed by atoms with Crippen molar-refractivity contribution in [3.05, 3.63) is 11.8 Å². The van der Waals surface area contributed by atoms with Crippen LogP contribution in [0.15, 0.2) is 11.8 Å². The number of ether oxygens (including phenoxy) is 1. The number of unbranched alkanes of at least 4 members (excludes halogenated alkanes) is 4. The fourth-order valence-electron chi connectivity index (χ4n) is 1.94. The number of carbonyl (C=O) groups excluding carboxylic acids is 1. The van der Waals surface area contributed by atoms with Crippen LogP contribution in [0.2, 0.25) is 0 Å². The zero-order chi connectivity index (χ0) is 14.5. The van der Waals surface area contributed by atoms with Crippen LogP contribution >= 0.6 is 0 Å². The molecule has 0 amide bonds. The van der Waals surface area contributed by atoms with Gasteiger partial charge in [-0.15, -0.1) is 0 Å². The minimum atomic E-state index is -0.196. The standard InChI is InChI=1S/C16H31NO2/c1-5-8-10-12-17(13-11-9-6-2)14-15(4)16(18)19-7-3/h14H,5-13H2,1-4H3/b15-14+. The minimum Gasteiger partial charge on any atom is -0.463 e. The van der Waals surface area contributed by atoms with Gasteiger partial charge in [-0.3, -0.25) is 0 Å². The maximum absolute atomic E-state index is 11.6. The molecule has 0 aliphatic carbocycles. The van der Waals surface area contributed by atoms with Crippen LogP contribution in [-0.4, -0.2) is 30.6 Å². The Labute approximate surface area is 119 Å². The van der Waals surface area contributed by atoms with Crippen LogP contribution in [0.5, 0.6) is 0 Å². The van der Waals surface area contributed by atoms with E-state index in [1.165, 1.54) is 38.5 Å². The first kappa shape index (κ1) is 18.0. The van der Waals surface area contributed by atoms with Crippen molar-refractivity contribution in [2.75, 3.05) is 19.7 Å². The average molecular weight is 269 g/mol. The molecule has 19 heavy (non-hydrogen) atoms. The third kappa shape index (κ3) is 9.57. The highest BCUT2D eigenvalue weighted by Gasteiger charge is 2.07. The highest BCUT2D eigenvalue weighted by molar-refractivity contribution is 5.87. The van der Waals surface area contributed by atoms with Crippen molar-refractivity contribution in [1.82, 2.24) is 4.90 Å². The summed E-state index contributed by atoms with van der Waals surface area (Å²) in [6.07, 6.45) is 9.30. The number of rotatable bonds is 11. The Morgan fingerprint density at radius 2 is 1.53 bits per heavy atom. The second-order valence-corrected chi connectivity index (χ2v) is 4.98. The van der Waals surface area contributed by atoms with Crippen molar-refractivity contribution in [3.63, 3.8) is 0 Å². The molecule has 0 spiro atoms. The van der Waals surface area contributed by atoms with Crippen molar-refractivity contribution in [2.45, 2.75) is 66.2 Å². The molecule has 3 heteroatoms. The van der Waals surface area contributed by atoms with Gasteiger partial charge in [0.1, 0.15) is 0 Å². The molecule has 0 bridgehead atoms. The number of carbonyl (C=O) groups is 1. The molecule has 0 fully saturated rings. The van der Waals surface area contributed by atoms with Crippen LogP contribution in [0.1, 0.15) is 66.2 Å². The molecular formula is C16H31NO2. The number of hydrogen-bond donors (Lipinski definition) is 0. The monoisotopic (exact) mass is 269 g/mol. The number of nitrogens with zero attached hydrogens (tertiary/aromatic N) is 1. The van der Waals surface area contributed by atoms with Gasteiger partial charge in [-0.2, -0.15) is 0 Å². The summed E-state index contributed by atoms with van der Waals surface area (Å²) in [6, 6.07) is 0. The van der Waals surface area contributed by atoms with Crippen molar-refractivity contribution in [3.8, 4) is 0 Å². The van der Waals surface area contributed by atoms with Gasteiger partial charge in [0.25, 0.3) is 0 Å². The molecule has 0 atom stereocenters. The summed E-state index contributed by atoms with van der Waals surface area (Å²) in [4.78, 5) is 13.9. The molecule has 0 unspecified atom stereocenters. The molecule has 0 heterocycles. The maximum Gasteiger partial charge on any atom is 0.335 e. The minimum absolute atomic E-state index is 0.196. The van der Waals surface area contributed by atoms with E-state index in [1.807, 2.05) is 20.0 Å². The van der Waals surface area contributed by atoms with Crippen molar-refractivity contribution < 1.29 is 9.53 Å². The van der Waals surface area contributed by atoms with Gasteiger partial charge in [0.2, 0.25) is 0 Å². The molecule has 3 nitrogen and oxygen atoms in total. The van der Waals surface area contributed by atoms with Crippen molar-refractivity contribution in [2.24, 2.45) is 0 Å². The second-order valence-electron chi connectivity index (χ2n) is 4.98. The van der Waals surface area contributed by atoms with E-state index < -0.39 is 0 Å². The van der Waals surface area contributed by atoms with Crippen molar-refractivity contribution >= 4 is 5.97 Å². The maximum atomic E-state index is 11.6. The Morgan fingerprint density at radius 1 is 1.00 bits per heavy atom. The quantitative estimate of drug-likeness (QED) is 0.321. The summed E-state index contributed by atoms with van der Waals surface area (Å²) in [5.74, 6) is -0.196. The summed E-state index contributed by atoms with van der Waals surface area (Å²) >= 11 is 0. The summed E-state index contributed by atoms with van der Waals surface area (Å²) in [5.41, 5.74) is 0.704. The highest BCUT2D eigenvalue weighted by Crippen LogP contribution is 2.07. The molecule has 0 saturated heterocycles. The van der Waals surface area contributed by atoms with E-state index in [0.717, 1.165) is 13.1 Å². The van der Waals surface area contributed by atoms with Crippen LogP contribution in [0, 0.1) is 0 Å². The Bertz CT molecular complexity index is 251. The lowest BCUT2D eigenvalue weighted by Crippen LogP contribution is -2.22. The molecule has 0 aromatic heterocycles. The lowest BCUT2D eigenvalue weighted by atomic mass is 10.2. The van der Waals surface area contributed by atoms with Crippen LogP contribution < -0.4 is 0 Å². The Balaban J connectivity index is 4.35. The molecule has 0 rings (SSSR count). The predicted octanol–water partition coefficient (Wildman–Crippen LogP) is 4.14. The van der Waals surface area contributed by atoms with E-state index in [-0.39, 0.29) is 5.97 Å². The molecule has 0 radical (unpaired) electrons. The van der Waals surface area contributed by atoms with Gasteiger partial charge in [0.15, 0.2) is 0 Å². The molecule has 0 aliphatic heterocycles. The molecule has 112 valence electrons. The fraction of sp³-hybridized carbons (Fsp3) is 0.812. The van der Waals surface area contributed by atoms with Gasteiger partial charge >= 0.3 is 5.97 Å². The van der Waals surface area contributed by atoms with Crippen LogP contribution in [0.25, 0.3) is 0 Å². The Hall–Kier alpha value is -0.990. The molecule has 0 aliphatic rings. The van der Waals surface area contributed by atoms with E-state index in [1.54, 1.807) is 0 Å². The normalized spacial score (nSPS) is 11.5. The number of hydrogen-bond acceptors (Lipinski definition) is 3. The molecular weight excluding hydrogens is 238 g/mol. The van der Waals surface area contributed by atoms with E-state index in [0.29, 0.717) is 12.2 Å². The number of esters is 1. The van der Waals surface area contributed by atoms with Gasteiger partial charge in [-0.1, -0.05) is 39.5 Å². The van der Waals surface area contributed by atoms with Crippen LogP contribution in [0.3, 0.4) is 0 Å². The summed E-state index contributed by atoms with van der Waals surface area (Å²) in [6.45, 7) is 10.6. The van der Waals surface area contributed by atoms with Gasteiger partial charge in [0, 0.05) is 24.9 Å². The van der Waals surface area contributed by atoms with Gasteiger partial charge in [-0.25, -0.2) is 4.79 Å². The van der Waals surface area contributed by atoms with E-state index in [2.05, 4.69) is 18.7 Å². The highest BCUT2D eigenvalue weighted by atomic mass is 16.5. The topological polar surface area (TPSA) is 29.5 Å². The summed E-state index contributed by atoms with van der Waals surface area (Å²) in [7, 11) is 0. The van der Waals surface area contributed by atoms with Gasteiger partial charge in [-0.05, 0) is 26.7 Å². The summed E-state index contributed by atoms with van der Waals surface area (Å²) in [5, 5.41) is 0. The first-order valence-corrected chi connectivity index (χ1v) is 7.75. The lowest BCUT2D eigenvalue weighted by Gasteiger charge is -2.21. The zero-order valence-corrected chi connectivity index (χ0v) is 13.2. The van der Waals surface area contributed by atoms with Gasteiger partial charge in [0.05, 0.1) is 6.61 Å². The van der Waals surface area contributed by atoms with Crippen LogP contribution in [-0.2, 0) is 9.53 Å². The average Bonchev–Trinajstić information content (AvgIpc) is 2.39. The predicted molar refractivity (Wildman–Crippen MR) is 81.0 cm³/mol. The molecule has 0 saturated carbocycles. The first-order valence-electron chi connectivity index (χ1n) is 7.75. The smallest absolute Gasteiger partial charge is 0.335 e. The van der Waals surface area contributed by atoms with Crippen LogP contribution in [0.4, 0.5) is 0 Å². The molecule has 0 N–H and O–H groups in total. The molecule has 0 aromatic carbocycles. The van der Waals surface area contributed by atoms with E-state index in [9.17, 15) is 4.79 Å². The Kier molecular flexibility index (Phi) is 11.4. The third-order valence-electron chi connectivity index (χ3n) is 3.07. The second kappa shape index (κ2) is 12.1. The largest absolute Gasteiger partial charge is 0.463 e. The first-order chi connectivity index (χ1) is 9.15. The van der Waals surface area contributed by atoms with E-state index >= 15 is 0 Å². The SMILES string of the molecule is CCCCCN(/C=C(\C)C(=O)OCC)CCCCC. The lowest BCUT2D eigenvalue weighted by molar-refractivity contribution is -0.138. The molecule has 0 aromatic rings. The van der Waals surface area contributed by atoms with E-state index in [4.69, 9.17) is 4.74 Å². The Morgan fingerprint density at radius 3 is 1.95 bits per heavy atom. The zero-order valence-electron chi connectivity index (χ0n) is 13.2.